The van der Waals surface area contributed by atoms with Crippen LogP contribution >= 0.6 is 0 Å². The summed E-state index contributed by atoms with van der Waals surface area (Å²) in [5.74, 6) is 1.33. The molecule has 2 heterocycles. The van der Waals surface area contributed by atoms with Crippen LogP contribution in [0.5, 0.6) is 0 Å². The van der Waals surface area contributed by atoms with Gasteiger partial charge in [0.2, 0.25) is 5.89 Å². The fourth-order valence-electron chi connectivity index (χ4n) is 2.87. The van der Waals surface area contributed by atoms with E-state index in [4.69, 9.17) is 4.52 Å². The van der Waals surface area contributed by atoms with Crippen LogP contribution in [-0.2, 0) is 19.5 Å². The Morgan fingerprint density at radius 1 is 1.13 bits per heavy atom. The summed E-state index contributed by atoms with van der Waals surface area (Å²) in [6.45, 7) is 7.46. The van der Waals surface area contributed by atoms with Crippen molar-refractivity contribution in [3.05, 3.63) is 47.4 Å². The summed E-state index contributed by atoms with van der Waals surface area (Å²) in [6, 6.07) is 6.84. The van der Waals surface area contributed by atoms with Gasteiger partial charge in [-0.1, -0.05) is 24.2 Å². The smallest absolute Gasteiger partial charge is 0.240 e. The second-order valence-electron chi connectivity index (χ2n) is 6.04. The zero-order valence-corrected chi connectivity index (χ0v) is 13.5. The van der Waals surface area contributed by atoms with Crippen LogP contribution in [0.4, 0.5) is 4.39 Å². The number of aromatic nitrogens is 2. The normalized spacial score (nSPS) is 16.8. The fourth-order valence-corrected chi connectivity index (χ4v) is 2.87. The highest BCUT2D eigenvalue weighted by Crippen LogP contribution is 2.12. The molecule has 1 saturated heterocycles. The predicted molar refractivity (Wildman–Crippen MR) is 85.2 cm³/mol. The van der Waals surface area contributed by atoms with Crippen molar-refractivity contribution >= 4 is 0 Å². The largest absolute Gasteiger partial charge is 0.338 e. The maximum Gasteiger partial charge on any atom is 0.240 e. The molecule has 0 N–H and O–H groups in total. The first-order chi connectivity index (χ1) is 11.2. The van der Waals surface area contributed by atoms with Crippen LogP contribution in [0.3, 0.4) is 0 Å². The van der Waals surface area contributed by atoms with E-state index < -0.39 is 0 Å². The number of nitrogens with zero attached hydrogens (tertiary/aromatic N) is 4. The third kappa shape index (κ3) is 4.59. The van der Waals surface area contributed by atoms with E-state index in [0.717, 1.165) is 57.0 Å². The molecule has 1 aromatic carbocycles. The molecule has 1 fully saturated rings. The van der Waals surface area contributed by atoms with Gasteiger partial charge in [-0.2, -0.15) is 4.98 Å². The Hall–Kier alpha value is -1.79. The van der Waals surface area contributed by atoms with E-state index in [1.165, 1.54) is 6.07 Å². The molecule has 6 heteroatoms. The first-order valence-corrected chi connectivity index (χ1v) is 8.23. The number of piperazine rings is 1. The molecule has 0 amide bonds. The Balaban J connectivity index is 1.46. The molecule has 0 radical (unpaired) electrons. The van der Waals surface area contributed by atoms with Gasteiger partial charge in [-0.15, -0.1) is 0 Å². The molecule has 1 aliphatic rings. The number of benzene rings is 1. The molecule has 0 spiro atoms. The molecule has 3 rings (SSSR count). The van der Waals surface area contributed by atoms with Gasteiger partial charge in [-0.05, 0) is 24.1 Å². The van der Waals surface area contributed by atoms with E-state index >= 15 is 0 Å². The first-order valence-electron chi connectivity index (χ1n) is 8.23. The summed E-state index contributed by atoms with van der Waals surface area (Å²) in [5.41, 5.74) is 1.03. The topological polar surface area (TPSA) is 45.4 Å². The van der Waals surface area contributed by atoms with Crippen LogP contribution < -0.4 is 0 Å². The fraction of sp³-hybridized carbons (Fsp3) is 0.529. The molecule has 23 heavy (non-hydrogen) atoms. The lowest BCUT2D eigenvalue weighted by Gasteiger charge is -2.33. The molecular weight excluding hydrogens is 295 g/mol. The Morgan fingerprint density at radius 3 is 2.57 bits per heavy atom. The number of hydrogen-bond acceptors (Lipinski definition) is 5. The molecular formula is C17H23FN4O. The second kappa shape index (κ2) is 7.66. The average Bonchev–Trinajstić information content (AvgIpc) is 2.97. The summed E-state index contributed by atoms with van der Waals surface area (Å²) < 4.78 is 18.5. The van der Waals surface area contributed by atoms with Crippen LogP contribution in [0.15, 0.2) is 28.8 Å². The van der Waals surface area contributed by atoms with E-state index in [0.29, 0.717) is 12.4 Å². The maximum absolute atomic E-state index is 13.2. The molecule has 2 aromatic rings. The lowest BCUT2D eigenvalue weighted by atomic mass is 10.2. The lowest BCUT2D eigenvalue weighted by Crippen LogP contribution is -2.45. The van der Waals surface area contributed by atoms with E-state index in [9.17, 15) is 4.39 Å². The van der Waals surface area contributed by atoms with Gasteiger partial charge in [0.1, 0.15) is 5.82 Å². The van der Waals surface area contributed by atoms with Crippen LogP contribution in [0, 0.1) is 5.82 Å². The zero-order valence-electron chi connectivity index (χ0n) is 13.5. The van der Waals surface area contributed by atoms with E-state index in [1.807, 2.05) is 6.07 Å². The third-order valence-corrected chi connectivity index (χ3v) is 4.10. The lowest BCUT2D eigenvalue weighted by molar-refractivity contribution is 0.112. The van der Waals surface area contributed by atoms with Crippen LogP contribution in [-0.4, -0.2) is 46.1 Å². The van der Waals surface area contributed by atoms with E-state index in [-0.39, 0.29) is 5.82 Å². The summed E-state index contributed by atoms with van der Waals surface area (Å²) in [4.78, 5) is 9.09. The third-order valence-electron chi connectivity index (χ3n) is 4.10. The SMILES string of the molecule is CCCc1noc(CN2CCN(Cc3cccc(F)c3)CC2)n1. The highest BCUT2D eigenvalue weighted by Gasteiger charge is 2.19. The Labute approximate surface area is 136 Å². The highest BCUT2D eigenvalue weighted by atomic mass is 19.1. The van der Waals surface area contributed by atoms with Crippen molar-refractivity contribution in [1.29, 1.82) is 0 Å². The van der Waals surface area contributed by atoms with Crippen molar-refractivity contribution in [1.82, 2.24) is 19.9 Å². The molecule has 0 aliphatic carbocycles. The molecule has 0 bridgehead atoms. The molecule has 1 aromatic heterocycles. The van der Waals surface area contributed by atoms with E-state index in [1.54, 1.807) is 12.1 Å². The minimum Gasteiger partial charge on any atom is -0.338 e. The highest BCUT2D eigenvalue weighted by molar-refractivity contribution is 5.16. The Kier molecular flexibility index (Phi) is 5.35. The van der Waals surface area contributed by atoms with Gasteiger partial charge in [-0.3, -0.25) is 9.80 Å². The zero-order chi connectivity index (χ0) is 16.1. The quantitative estimate of drug-likeness (QED) is 0.819. The molecule has 5 nitrogen and oxygen atoms in total. The van der Waals surface area contributed by atoms with Gasteiger partial charge in [0, 0.05) is 39.1 Å². The average molecular weight is 318 g/mol. The minimum absolute atomic E-state index is 0.166. The van der Waals surface area contributed by atoms with Gasteiger partial charge in [0.15, 0.2) is 5.82 Å². The summed E-state index contributed by atoms with van der Waals surface area (Å²) in [6.07, 6.45) is 1.89. The first kappa shape index (κ1) is 16.1. The van der Waals surface area contributed by atoms with Crippen molar-refractivity contribution in [3.8, 4) is 0 Å². The van der Waals surface area contributed by atoms with Crippen molar-refractivity contribution in [2.45, 2.75) is 32.9 Å². The molecule has 124 valence electrons. The second-order valence-corrected chi connectivity index (χ2v) is 6.04. The van der Waals surface area contributed by atoms with Gasteiger partial charge in [0.05, 0.1) is 6.54 Å². The molecule has 0 unspecified atom stereocenters. The van der Waals surface area contributed by atoms with Gasteiger partial charge >= 0.3 is 0 Å². The van der Waals surface area contributed by atoms with Crippen LogP contribution in [0.2, 0.25) is 0 Å². The summed E-state index contributed by atoms with van der Waals surface area (Å²) in [5, 5.41) is 3.99. The number of rotatable bonds is 6. The van der Waals surface area contributed by atoms with Crippen molar-refractivity contribution < 1.29 is 8.91 Å². The van der Waals surface area contributed by atoms with Crippen molar-refractivity contribution in [3.63, 3.8) is 0 Å². The summed E-state index contributed by atoms with van der Waals surface area (Å²) >= 11 is 0. The molecule has 0 atom stereocenters. The maximum atomic E-state index is 13.2. The van der Waals surface area contributed by atoms with Gasteiger partial charge in [0.25, 0.3) is 0 Å². The van der Waals surface area contributed by atoms with Crippen LogP contribution in [0.25, 0.3) is 0 Å². The minimum atomic E-state index is -0.166. The number of aryl methyl sites for hydroxylation is 1. The number of halogens is 1. The monoisotopic (exact) mass is 318 g/mol. The van der Waals surface area contributed by atoms with E-state index in [2.05, 4.69) is 26.9 Å². The predicted octanol–water partition coefficient (Wildman–Crippen LogP) is 2.48. The Bertz CT molecular complexity index is 623. The van der Waals surface area contributed by atoms with Crippen molar-refractivity contribution in [2.75, 3.05) is 26.2 Å². The van der Waals surface area contributed by atoms with Crippen molar-refractivity contribution in [2.24, 2.45) is 0 Å². The molecule has 1 aliphatic heterocycles. The van der Waals surface area contributed by atoms with Gasteiger partial charge in [-0.25, -0.2) is 4.39 Å². The number of hydrogen-bond donors (Lipinski definition) is 0. The summed E-state index contributed by atoms with van der Waals surface area (Å²) in [7, 11) is 0. The van der Waals surface area contributed by atoms with Gasteiger partial charge < -0.3 is 4.52 Å². The van der Waals surface area contributed by atoms with Crippen LogP contribution in [0.1, 0.15) is 30.6 Å². The standard InChI is InChI=1S/C17H23FN4O/c1-2-4-16-19-17(23-20-16)13-22-9-7-21(8-10-22)12-14-5-3-6-15(18)11-14/h3,5-6,11H,2,4,7-10,12-13H2,1H3. The Morgan fingerprint density at radius 2 is 1.87 bits per heavy atom. The molecule has 0 saturated carbocycles.